The Morgan fingerprint density at radius 3 is 2.79 bits per heavy atom. The Bertz CT molecular complexity index is 762. The van der Waals surface area contributed by atoms with Crippen LogP contribution in [0.25, 0.3) is 0 Å². The Hall–Kier alpha value is -1.18. The van der Waals surface area contributed by atoms with Gasteiger partial charge in [0.05, 0.1) is 20.9 Å². The second-order valence-electron chi connectivity index (χ2n) is 7.33. The molecule has 0 unspecified atom stereocenters. The molecule has 1 heterocycles. The molecule has 1 amide bonds. The molecule has 1 saturated carbocycles. The van der Waals surface area contributed by atoms with Crippen LogP contribution in [0.15, 0.2) is 30.4 Å². The highest BCUT2D eigenvalue weighted by molar-refractivity contribution is 7.20. The SMILES string of the molecule is NC(=O)CCC/C=C\C[C@H]1[C@@H](O)CC(=O)[C@@H]1/C=C/[C@@H](O)CCc1cc(Cl)sc1Cl. The van der Waals surface area contributed by atoms with Crippen molar-refractivity contribution in [2.45, 2.75) is 57.2 Å². The number of carbonyl (C=O) groups is 2. The Morgan fingerprint density at radius 1 is 1.38 bits per heavy atom. The Morgan fingerprint density at radius 2 is 2.14 bits per heavy atom. The highest BCUT2D eigenvalue weighted by Gasteiger charge is 2.39. The van der Waals surface area contributed by atoms with Crippen LogP contribution in [0.2, 0.25) is 8.67 Å². The molecule has 160 valence electrons. The molecular formula is C21H27Cl2NO4S. The van der Waals surface area contributed by atoms with E-state index >= 15 is 0 Å². The number of primary amides is 1. The van der Waals surface area contributed by atoms with E-state index in [0.29, 0.717) is 40.8 Å². The van der Waals surface area contributed by atoms with Crippen molar-refractivity contribution in [3.8, 4) is 0 Å². The molecule has 8 heteroatoms. The zero-order valence-corrected chi connectivity index (χ0v) is 18.4. The number of aliphatic hydroxyl groups excluding tert-OH is 2. The van der Waals surface area contributed by atoms with E-state index in [1.807, 2.05) is 12.2 Å². The molecule has 2 rings (SSSR count). The number of rotatable bonds is 11. The fourth-order valence-corrected chi connectivity index (χ4v) is 5.03. The molecule has 0 spiro atoms. The van der Waals surface area contributed by atoms with Crippen LogP contribution in [0.1, 0.15) is 44.1 Å². The van der Waals surface area contributed by atoms with Gasteiger partial charge in [-0.15, -0.1) is 11.3 Å². The minimum absolute atomic E-state index is 0.0132. The summed E-state index contributed by atoms with van der Waals surface area (Å²) in [5.74, 6) is -0.943. The average Bonchev–Trinajstić information content (AvgIpc) is 3.11. The lowest BCUT2D eigenvalue weighted by molar-refractivity contribution is -0.120. The standard InChI is InChI=1S/C21H27Cl2NO4S/c22-19-11-13(21(23)29-19)7-8-14(25)9-10-16-15(17(26)12-18(16)27)5-3-1-2-4-6-20(24)28/h1,3,9-11,14-17,25-26H,2,4-8,12H2,(H2,24,28)/b3-1-,10-9+/t14-,15+,16+,17-/m0/s1. The van der Waals surface area contributed by atoms with Gasteiger partial charge in [0.15, 0.2) is 0 Å². The van der Waals surface area contributed by atoms with Gasteiger partial charge in [-0.3, -0.25) is 9.59 Å². The van der Waals surface area contributed by atoms with Gasteiger partial charge in [0.2, 0.25) is 5.91 Å². The highest BCUT2D eigenvalue weighted by Crippen LogP contribution is 2.34. The third-order valence-electron chi connectivity index (χ3n) is 5.08. The van der Waals surface area contributed by atoms with Gasteiger partial charge in [0.1, 0.15) is 5.78 Å². The molecule has 29 heavy (non-hydrogen) atoms. The molecular weight excluding hydrogens is 433 g/mol. The lowest BCUT2D eigenvalue weighted by Crippen LogP contribution is -2.19. The minimum Gasteiger partial charge on any atom is -0.392 e. The number of nitrogens with two attached hydrogens (primary N) is 1. The molecule has 0 saturated heterocycles. The van der Waals surface area contributed by atoms with Crippen LogP contribution in [0.4, 0.5) is 0 Å². The molecule has 0 bridgehead atoms. The molecule has 0 aromatic carbocycles. The first-order valence-corrected chi connectivity index (χ1v) is 11.3. The summed E-state index contributed by atoms with van der Waals surface area (Å²) < 4.78 is 1.24. The Balaban J connectivity index is 1.85. The lowest BCUT2D eigenvalue weighted by Gasteiger charge is -2.17. The topological polar surface area (TPSA) is 101 Å². The molecule has 1 aliphatic rings. The maximum atomic E-state index is 12.2. The van der Waals surface area contributed by atoms with E-state index < -0.39 is 18.1 Å². The second-order valence-corrected chi connectivity index (χ2v) is 9.62. The molecule has 4 N–H and O–H groups in total. The number of allylic oxidation sites excluding steroid dienone is 3. The van der Waals surface area contributed by atoms with Crippen LogP contribution in [0.5, 0.6) is 0 Å². The number of amides is 1. The summed E-state index contributed by atoms with van der Waals surface area (Å²) in [7, 11) is 0. The molecule has 4 atom stereocenters. The summed E-state index contributed by atoms with van der Waals surface area (Å²) in [6.07, 6.45) is 9.37. The van der Waals surface area contributed by atoms with Gasteiger partial charge in [-0.2, -0.15) is 0 Å². The predicted octanol–water partition coefficient (Wildman–Crippen LogP) is 4.07. The van der Waals surface area contributed by atoms with Gasteiger partial charge in [-0.25, -0.2) is 0 Å². The zero-order valence-electron chi connectivity index (χ0n) is 16.1. The summed E-state index contributed by atoms with van der Waals surface area (Å²) in [5, 5.41) is 20.5. The van der Waals surface area contributed by atoms with Gasteiger partial charge in [0.25, 0.3) is 0 Å². The number of hydrogen-bond donors (Lipinski definition) is 3. The van der Waals surface area contributed by atoms with Crippen LogP contribution >= 0.6 is 34.5 Å². The number of aliphatic hydroxyl groups is 2. The van der Waals surface area contributed by atoms with Gasteiger partial charge >= 0.3 is 0 Å². The number of halogens is 2. The number of hydrogen-bond acceptors (Lipinski definition) is 5. The van der Waals surface area contributed by atoms with Crippen molar-refractivity contribution in [3.05, 3.63) is 44.6 Å². The molecule has 5 nitrogen and oxygen atoms in total. The lowest BCUT2D eigenvalue weighted by atomic mass is 9.90. The van der Waals surface area contributed by atoms with Gasteiger partial charge < -0.3 is 15.9 Å². The van der Waals surface area contributed by atoms with E-state index in [-0.39, 0.29) is 24.0 Å². The van der Waals surface area contributed by atoms with Crippen LogP contribution in [-0.2, 0) is 16.0 Å². The quantitative estimate of drug-likeness (QED) is 0.342. The highest BCUT2D eigenvalue weighted by atomic mass is 35.5. The van der Waals surface area contributed by atoms with E-state index in [1.165, 1.54) is 11.3 Å². The monoisotopic (exact) mass is 459 g/mol. The summed E-state index contributed by atoms with van der Waals surface area (Å²) in [5.41, 5.74) is 6.01. The maximum absolute atomic E-state index is 12.2. The van der Waals surface area contributed by atoms with Crippen molar-refractivity contribution in [1.82, 2.24) is 0 Å². The van der Waals surface area contributed by atoms with Gasteiger partial charge in [0, 0.05) is 24.7 Å². The number of carbonyl (C=O) groups excluding carboxylic acids is 2. The van der Waals surface area contributed by atoms with Crippen molar-refractivity contribution in [2.24, 2.45) is 17.6 Å². The first-order chi connectivity index (χ1) is 13.8. The second kappa shape index (κ2) is 11.9. The number of Topliss-reactive ketones (excluding diaryl/α,β-unsaturated/α-hetero) is 1. The van der Waals surface area contributed by atoms with Crippen molar-refractivity contribution >= 4 is 46.2 Å². The molecule has 0 radical (unpaired) electrons. The molecule has 1 aliphatic carbocycles. The predicted molar refractivity (Wildman–Crippen MR) is 117 cm³/mol. The minimum atomic E-state index is -0.708. The summed E-state index contributed by atoms with van der Waals surface area (Å²) in [6, 6.07) is 1.80. The third-order valence-corrected chi connectivity index (χ3v) is 6.65. The summed E-state index contributed by atoms with van der Waals surface area (Å²) in [6.45, 7) is 0. The zero-order chi connectivity index (χ0) is 21.4. The first kappa shape index (κ1) is 24.1. The van der Waals surface area contributed by atoms with Gasteiger partial charge in [-0.05, 0) is 43.7 Å². The maximum Gasteiger partial charge on any atom is 0.217 e. The van der Waals surface area contributed by atoms with Crippen LogP contribution < -0.4 is 5.73 Å². The van der Waals surface area contributed by atoms with Crippen LogP contribution in [0.3, 0.4) is 0 Å². The number of aryl methyl sites for hydroxylation is 1. The van der Waals surface area contributed by atoms with E-state index in [0.717, 1.165) is 12.0 Å². The molecule has 1 fully saturated rings. The third kappa shape index (κ3) is 7.87. The van der Waals surface area contributed by atoms with Crippen LogP contribution in [-0.4, -0.2) is 34.1 Å². The fraction of sp³-hybridized carbons (Fsp3) is 0.524. The molecule has 1 aromatic rings. The van der Waals surface area contributed by atoms with Crippen molar-refractivity contribution in [1.29, 1.82) is 0 Å². The number of unbranched alkanes of at least 4 members (excludes halogenated alkanes) is 1. The van der Waals surface area contributed by atoms with Crippen LogP contribution in [0, 0.1) is 11.8 Å². The van der Waals surface area contributed by atoms with E-state index in [4.69, 9.17) is 28.9 Å². The van der Waals surface area contributed by atoms with Crippen molar-refractivity contribution in [3.63, 3.8) is 0 Å². The smallest absolute Gasteiger partial charge is 0.217 e. The molecule has 1 aromatic heterocycles. The Labute approximate surface area is 185 Å². The fourth-order valence-electron chi connectivity index (χ4n) is 3.48. The summed E-state index contributed by atoms with van der Waals surface area (Å²) >= 11 is 13.3. The largest absolute Gasteiger partial charge is 0.392 e. The summed E-state index contributed by atoms with van der Waals surface area (Å²) in [4.78, 5) is 23.0. The number of thiophene rings is 1. The van der Waals surface area contributed by atoms with Gasteiger partial charge in [-0.1, -0.05) is 47.5 Å². The van der Waals surface area contributed by atoms with E-state index in [9.17, 15) is 19.8 Å². The molecule has 0 aliphatic heterocycles. The van der Waals surface area contributed by atoms with Crippen molar-refractivity contribution < 1.29 is 19.8 Å². The normalized spacial score (nSPS) is 23.4. The Kier molecular flexibility index (Phi) is 9.86. The number of ketones is 1. The van der Waals surface area contributed by atoms with E-state index in [2.05, 4.69) is 0 Å². The first-order valence-electron chi connectivity index (χ1n) is 9.72. The van der Waals surface area contributed by atoms with Crippen molar-refractivity contribution in [2.75, 3.05) is 0 Å². The average molecular weight is 460 g/mol. The van der Waals surface area contributed by atoms with E-state index in [1.54, 1.807) is 18.2 Å².